The van der Waals surface area contributed by atoms with Crippen LogP contribution in [0.4, 0.5) is 0 Å². The molecule has 0 unspecified atom stereocenters. The van der Waals surface area contributed by atoms with E-state index in [0.29, 0.717) is 23.9 Å². The van der Waals surface area contributed by atoms with E-state index >= 15 is 0 Å². The maximum absolute atomic E-state index is 12.1. The number of benzene rings is 1. The number of aromatic nitrogens is 2. The van der Waals surface area contributed by atoms with Gasteiger partial charge in [-0.05, 0) is 49.5 Å². The molecule has 2 aromatic heterocycles. The number of halogens is 1. The Kier molecular flexibility index (Phi) is 4.40. The number of nitrogens with one attached hydrogen (secondary N) is 2. The summed E-state index contributed by atoms with van der Waals surface area (Å²) in [5.74, 6) is 0.756. The summed E-state index contributed by atoms with van der Waals surface area (Å²) in [6.07, 6.45) is 1.95. The lowest BCUT2D eigenvalue weighted by Crippen LogP contribution is -2.29. The van der Waals surface area contributed by atoms with Gasteiger partial charge in [-0.1, -0.05) is 18.5 Å². The van der Waals surface area contributed by atoms with E-state index in [0.717, 1.165) is 40.0 Å². The van der Waals surface area contributed by atoms with Crippen LogP contribution in [0.2, 0.25) is 5.02 Å². The van der Waals surface area contributed by atoms with Crippen molar-refractivity contribution in [2.75, 3.05) is 0 Å². The first-order chi connectivity index (χ1) is 12.4. The molecule has 2 N–H and O–H groups in total. The Balaban J connectivity index is 1.46. The van der Waals surface area contributed by atoms with Crippen molar-refractivity contribution in [2.45, 2.75) is 39.8 Å². The second-order valence-corrected chi connectivity index (χ2v) is 8.43. The zero-order valence-electron chi connectivity index (χ0n) is 14.7. The predicted octanol–water partition coefficient (Wildman–Crippen LogP) is 4.58. The average molecular weight is 390 g/mol. The zero-order chi connectivity index (χ0) is 18.3. The number of aromatic amines is 1. The van der Waals surface area contributed by atoms with Crippen molar-refractivity contribution >= 4 is 39.9 Å². The summed E-state index contributed by atoms with van der Waals surface area (Å²) < 4.78 is 10.1. The van der Waals surface area contributed by atoms with Gasteiger partial charge in [-0.15, -0.1) is 0 Å². The number of fused-ring (bicyclic) bond motifs is 1. The fourth-order valence-corrected chi connectivity index (χ4v) is 3.71. The minimum absolute atomic E-state index is 0.123. The molecule has 1 fully saturated rings. The van der Waals surface area contributed by atoms with Gasteiger partial charge in [-0.2, -0.15) is 4.37 Å². The maximum atomic E-state index is 12.1. The van der Waals surface area contributed by atoms with E-state index in [1.807, 2.05) is 38.1 Å². The van der Waals surface area contributed by atoms with Crippen molar-refractivity contribution in [3.63, 3.8) is 0 Å². The van der Waals surface area contributed by atoms with Crippen LogP contribution in [-0.4, -0.2) is 15.3 Å². The van der Waals surface area contributed by atoms with E-state index in [1.165, 1.54) is 11.5 Å². The van der Waals surface area contributed by atoms with Crippen molar-refractivity contribution in [1.82, 2.24) is 14.7 Å². The summed E-state index contributed by atoms with van der Waals surface area (Å²) in [7, 11) is 0. The summed E-state index contributed by atoms with van der Waals surface area (Å²) in [6, 6.07) is 7.80. The van der Waals surface area contributed by atoms with E-state index in [2.05, 4.69) is 14.7 Å². The molecule has 0 bridgehead atoms. The molecule has 0 saturated heterocycles. The van der Waals surface area contributed by atoms with Crippen LogP contribution >= 0.6 is 23.1 Å². The van der Waals surface area contributed by atoms with Crippen LogP contribution < -0.4 is 10.1 Å². The lowest BCUT2D eigenvalue weighted by atomic mass is 10.1. The van der Waals surface area contributed by atoms with Gasteiger partial charge in [0.25, 0.3) is 0 Å². The van der Waals surface area contributed by atoms with Crippen LogP contribution in [0.25, 0.3) is 10.9 Å². The first-order valence-corrected chi connectivity index (χ1v) is 9.72. The fourth-order valence-electron chi connectivity index (χ4n) is 2.84. The number of aryl methyl sites for hydroxylation is 1. The maximum Gasteiger partial charge on any atom is 0.226 e. The van der Waals surface area contributed by atoms with Gasteiger partial charge in [0.05, 0.1) is 22.1 Å². The molecule has 4 rings (SSSR count). The van der Waals surface area contributed by atoms with Gasteiger partial charge in [0.2, 0.25) is 5.91 Å². The standard InChI is InChI=1S/C19H20ClN3O2S/c1-11-5-14(26-23-11)10-25-17-8-16-12(7-15(17)20)6-13(22-16)9-21-18(24)19(2)3-4-19/h5-8,22H,3-4,9-10H2,1-2H3,(H,21,24). The minimum Gasteiger partial charge on any atom is -0.486 e. The second-order valence-electron chi connectivity index (χ2n) is 7.13. The largest absolute Gasteiger partial charge is 0.486 e. The van der Waals surface area contributed by atoms with Gasteiger partial charge >= 0.3 is 0 Å². The van der Waals surface area contributed by atoms with Crippen LogP contribution in [0.1, 0.15) is 36.0 Å². The second kappa shape index (κ2) is 6.59. The molecular weight excluding hydrogens is 370 g/mol. The first-order valence-electron chi connectivity index (χ1n) is 8.57. The molecular formula is C19H20ClN3O2S. The first kappa shape index (κ1) is 17.4. The Labute approximate surface area is 160 Å². The van der Waals surface area contributed by atoms with E-state index in [4.69, 9.17) is 16.3 Å². The summed E-state index contributed by atoms with van der Waals surface area (Å²) >= 11 is 7.79. The van der Waals surface area contributed by atoms with Crippen LogP contribution in [-0.2, 0) is 17.9 Å². The molecule has 0 atom stereocenters. The zero-order valence-corrected chi connectivity index (χ0v) is 16.3. The number of hydrogen-bond acceptors (Lipinski definition) is 4. The van der Waals surface area contributed by atoms with Crippen molar-refractivity contribution in [1.29, 1.82) is 0 Å². The SMILES string of the molecule is Cc1cc(COc2cc3[nH]c(CNC(=O)C4(C)CC4)cc3cc2Cl)sn1. The number of ether oxygens (including phenoxy) is 1. The summed E-state index contributed by atoms with van der Waals surface area (Å²) in [5.41, 5.74) is 2.72. The predicted molar refractivity (Wildman–Crippen MR) is 104 cm³/mol. The van der Waals surface area contributed by atoms with Gasteiger partial charge in [0.15, 0.2) is 0 Å². The van der Waals surface area contributed by atoms with Gasteiger partial charge in [-0.3, -0.25) is 4.79 Å². The Bertz CT molecular complexity index is 974. The van der Waals surface area contributed by atoms with Crippen LogP contribution in [0.5, 0.6) is 5.75 Å². The van der Waals surface area contributed by atoms with E-state index < -0.39 is 0 Å². The average Bonchev–Trinajstić information content (AvgIpc) is 3.04. The van der Waals surface area contributed by atoms with Crippen LogP contribution in [0.3, 0.4) is 0 Å². The molecule has 1 amide bonds. The number of carbonyl (C=O) groups excluding carboxylic acids is 1. The molecule has 3 aromatic rings. The molecule has 136 valence electrons. The van der Waals surface area contributed by atoms with Crippen molar-refractivity contribution < 1.29 is 9.53 Å². The Morgan fingerprint density at radius 3 is 2.88 bits per heavy atom. The number of H-pyrrole nitrogens is 1. The molecule has 1 aliphatic carbocycles. The summed E-state index contributed by atoms with van der Waals surface area (Å²) in [6.45, 7) is 4.89. The molecule has 0 radical (unpaired) electrons. The third kappa shape index (κ3) is 3.57. The molecule has 0 spiro atoms. The molecule has 1 aliphatic rings. The van der Waals surface area contributed by atoms with Gasteiger partial charge < -0.3 is 15.0 Å². The van der Waals surface area contributed by atoms with E-state index in [-0.39, 0.29) is 11.3 Å². The molecule has 1 aromatic carbocycles. The Morgan fingerprint density at radius 1 is 1.38 bits per heavy atom. The highest BCUT2D eigenvalue weighted by Crippen LogP contribution is 2.45. The Hall–Kier alpha value is -2.05. The molecule has 1 saturated carbocycles. The van der Waals surface area contributed by atoms with Crippen molar-refractivity contribution in [2.24, 2.45) is 5.41 Å². The number of carbonyl (C=O) groups is 1. The highest BCUT2D eigenvalue weighted by molar-refractivity contribution is 7.05. The van der Waals surface area contributed by atoms with Crippen molar-refractivity contribution in [3.05, 3.63) is 45.6 Å². The van der Waals surface area contributed by atoms with Crippen LogP contribution in [0.15, 0.2) is 24.3 Å². The molecule has 5 nitrogen and oxygen atoms in total. The van der Waals surface area contributed by atoms with Crippen LogP contribution in [0, 0.1) is 12.3 Å². The third-order valence-electron chi connectivity index (χ3n) is 4.76. The highest BCUT2D eigenvalue weighted by atomic mass is 35.5. The van der Waals surface area contributed by atoms with Gasteiger partial charge in [0, 0.05) is 28.1 Å². The van der Waals surface area contributed by atoms with Gasteiger partial charge in [0.1, 0.15) is 12.4 Å². The summed E-state index contributed by atoms with van der Waals surface area (Å²) in [5, 5.41) is 4.57. The number of amides is 1. The quantitative estimate of drug-likeness (QED) is 0.648. The normalized spacial score (nSPS) is 15.2. The highest BCUT2D eigenvalue weighted by Gasteiger charge is 2.44. The third-order valence-corrected chi connectivity index (χ3v) is 5.91. The summed E-state index contributed by atoms with van der Waals surface area (Å²) in [4.78, 5) is 16.5. The monoisotopic (exact) mass is 389 g/mol. The molecule has 2 heterocycles. The number of rotatable bonds is 6. The minimum atomic E-state index is -0.161. The number of nitrogens with zero attached hydrogens (tertiary/aromatic N) is 1. The molecule has 26 heavy (non-hydrogen) atoms. The topological polar surface area (TPSA) is 67.0 Å². The number of hydrogen-bond donors (Lipinski definition) is 2. The van der Waals surface area contributed by atoms with E-state index in [1.54, 1.807) is 0 Å². The molecule has 0 aliphatic heterocycles. The van der Waals surface area contributed by atoms with E-state index in [9.17, 15) is 4.79 Å². The smallest absolute Gasteiger partial charge is 0.226 e. The molecule has 7 heteroatoms. The lowest BCUT2D eigenvalue weighted by molar-refractivity contribution is -0.125. The lowest BCUT2D eigenvalue weighted by Gasteiger charge is -2.08. The van der Waals surface area contributed by atoms with Gasteiger partial charge in [-0.25, -0.2) is 0 Å². The van der Waals surface area contributed by atoms with Crippen molar-refractivity contribution in [3.8, 4) is 5.75 Å². The Morgan fingerprint density at radius 2 is 2.19 bits per heavy atom. The fraction of sp³-hybridized carbons (Fsp3) is 0.368.